The molecule has 2 aromatic heterocycles. The summed E-state index contributed by atoms with van der Waals surface area (Å²) in [5, 5.41) is 12.5. The Balaban J connectivity index is 1.12. The third-order valence-electron chi connectivity index (χ3n) is 12.6. The maximum atomic E-state index is 2.43. The number of benzene rings is 10. The standard InChI is InChI=1S/C56H40N4/c1-57-51-35-41(59(39-21-5-3-6-22-39)49-29-15-19-37-17-9-11-25-43(37)49)31-33-47(51)53-45-27-13-14-28-46(45)54-48-34-32-42(36-52(48)58(2)56(54)55(53)57)60(40-23-7-4-8-24-40)50-30-16-20-38-18-10-12-26-44(38)50/h3-36H,1-2H3. The Bertz CT molecular complexity index is 3380. The van der Waals surface area contributed by atoms with Crippen molar-refractivity contribution in [2.24, 2.45) is 14.1 Å². The van der Waals surface area contributed by atoms with Crippen LogP contribution in [-0.4, -0.2) is 9.13 Å². The monoisotopic (exact) mass is 768 g/mol. The van der Waals surface area contributed by atoms with Gasteiger partial charge >= 0.3 is 0 Å². The van der Waals surface area contributed by atoms with Gasteiger partial charge in [-0.05, 0) is 82.2 Å². The molecule has 10 aromatic carbocycles. The van der Waals surface area contributed by atoms with Crippen molar-refractivity contribution in [2.45, 2.75) is 0 Å². The van der Waals surface area contributed by atoms with Crippen molar-refractivity contribution in [3.63, 3.8) is 0 Å². The fourth-order valence-corrected chi connectivity index (χ4v) is 9.96. The minimum Gasteiger partial charge on any atom is -0.342 e. The van der Waals surface area contributed by atoms with E-state index in [1.807, 2.05) is 0 Å². The third-order valence-corrected chi connectivity index (χ3v) is 12.6. The predicted molar refractivity (Wildman–Crippen MR) is 256 cm³/mol. The summed E-state index contributed by atoms with van der Waals surface area (Å²) in [6.45, 7) is 0. The Morgan fingerprint density at radius 3 is 1.10 bits per heavy atom. The van der Waals surface area contributed by atoms with Crippen molar-refractivity contribution in [1.29, 1.82) is 0 Å². The minimum atomic E-state index is 1.12. The Hall–Kier alpha value is -7.82. The second-order valence-corrected chi connectivity index (χ2v) is 15.9. The molecule has 0 spiro atoms. The number of rotatable bonds is 6. The number of nitrogens with zero attached hydrogens (tertiary/aromatic N) is 4. The topological polar surface area (TPSA) is 16.3 Å². The number of para-hydroxylation sites is 2. The van der Waals surface area contributed by atoms with Gasteiger partial charge in [-0.15, -0.1) is 0 Å². The molecule has 12 rings (SSSR count). The lowest BCUT2D eigenvalue weighted by Crippen LogP contribution is -2.10. The van der Waals surface area contributed by atoms with Crippen LogP contribution in [0.25, 0.3) is 75.9 Å². The molecule has 0 aliphatic heterocycles. The second kappa shape index (κ2) is 13.4. The molecule has 12 aromatic rings. The summed E-state index contributed by atoms with van der Waals surface area (Å²) in [5.41, 5.74) is 11.7. The average molecular weight is 769 g/mol. The van der Waals surface area contributed by atoms with Gasteiger partial charge in [-0.1, -0.05) is 146 Å². The van der Waals surface area contributed by atoms with Crippen molar-refractivity contribution >= 4 is 110 Å². The summed E-state index contributed by atoms with van der Waals surface area (Å²) in [6.07, 6.45) is 0. The van der Waals surface area contributed by atoms with Crippen LogP contribution in [0.5, 0.6) is 0 Å². The molecule has 0 bridgehead atoms. The number of aryl methyl sites for hydroxylation is 2. The van der Waals surface area contributed by atoms with Gasteiger partial charge in [0.2, 0.25) is 0 Å². The van der Waals surface area contributed by atoms with Crippen LogP contribution >= 0.6 is 0 Å². The SMILES string of the molecule is Cn1c2cc(N(c3ccccc3)c3cccc4ccccc34)ccc2c2c3ccccc3c3c4ccc(N(c5ccccc5)c5cccc6ccccc56)cc4n(C)c3c21. The molecule has 0 aliphatic carbocycles. The maximum absolute atomic E-state index is 2.43. The Labute approximate surface area is 348 Å². The minimum absolute atomic E-state index is 1.12. The van der Waals surface area contributed by atoms with E-state index in [-0.39, 0.29) is 0 Å². The van der Waals surface area contributed by atoms with Gasteiger partial charge in [-0.3, -0.25) is 0 Å². The summed E-state index contributed by atoms with van der Waals surface area (Å²) >= 11 is 0. The lowest BCUT2D eigenvalue weighted by molar-refractivity contribution is 0.986. The summed E-state index contributed by atoms with van der Waals surface area (Å²) in [6, 6.07) is 75.0. The second-order valence-electron chi connectivity index (χ2n) is 15.9. The molecule has 4 nitrogen and oxygen atoms in total. The number of hydrogen-bond donors (Lipinski definition) is 0. The molecule has 0 saturated carbocycles. The highest BCUT2D eigenvalue weighted by molar-refractivity contribution is 6.36. The molecule has 4 heteroatoms. The molecule has 0 aliphatic rings. The first kappa shape index (κ1) is 34.2. The van der Waals surface area contributed by atoms with Gasteiger partial charge in [0.25, 0.3) is 0 Å². The molecule has 0 amide bonds. The molecular formula is C56H40N4. The van der Waals surface area contributed by atoms with Crippen molar-refractivity contribution in [3.8, 4) is 0 Å². The van der Waals surface area contributed by atoms with Crippen molar-refractivity contribution in [2.75, 3.05) is 9.80 Å². The van der Waals surface area contributed by atoms with Crippen molar-refractivity contribution in [1.82, 2.24) is 9.13 Å². The highest BCUT2D eigenvalue weighted by Crippen LogP contribution is 2.48. The number of anilines is 6. The maximum Gasteiger partial charge on any atom is 0.0742 e. The van der Waals surface area contributed by atoms with E-state index in [0.717, 1.165) is 34.1 Å². The van der Waals surface area contributed by atoms with Crippen LogP contribution in [0.2, 0.25) is 0 Å². The number of hydrogen-bond acceptors (Lipinski definition) is 2. The van der Waals surface area contributed by atoms with Crippen LogP contribution in [0.1, 0.15) is 0 Å². The van der Waals surface area contributed by atoms with Gasteiger partial charge in [0.1, 0.15) is 0 Å². The van der Waals surface area contributed by atoms with E-state index >= 15 is 0 Å². The average Bonchev–Trinajstić information content (AvgIpc) is 3.77. The van der Waals surface area contributed by atoms with Crippen LogP contribution < -0.4 is 9.80 Å². The zero-order valence-electron chi connectivity index (χ0n) is 33.4. The first-order valence-corrected chi connectivity index (χ1v) is 20.6. The highest BCUT2D eigenvalue weighted by Gasteiger charge is 2.24. The molecular weight excluding hydrogens is 729 g/mol. The van der Waals surface area contributed by atoms with E-state index in [1.165, 1.54) is 75.9 Å². The smallest absolute Gasteiger partial charge is 0.0742 e. The Morgan fingerprint density at radius 2 is 0.667 bits per heavy atom. The molecule has 2 heterocycles. The van der Waals surface area contributed by atoms with Gasteiger partial charge in [0.05, 0.1) is 33.4 Å². The summed E-state index contributed by atoms with van der Waals surface area (Å²) in [4.78, 5) is 4.81. The van der Waals surface area contributed by atoms with Crippen molar-refractivity contribution < 1.29 is 0 Å². The normalized spacial score (nSPS) is 11.8. The van der Waals surface area contributed by atoms with Gasteiger partial charge in [0.15, 0.2) is 0 Å². The van der Waals surface area contributed by atoms with E-state index in [2.05, 4.69) is 239 Å². The lowest BCUT2D eigenvalue weighted by atomic mass is 9.98. The highest BCUT2D eigenvalue weighted by atomic mass is 15.2. The molecule has 0 radical (unpaired) electrons. The summed E-state index contributed by atoms with van der Waals surface area (Å²) in [7, 11) is 4.49. The van der Waals surface area contributed by atoms with E-state index in [4.69, 9.17) is 0 Å². The van der Waals surface area contributed by atoms with Crippen molar-refractivity contribution in [3.05, 3.63) is 206 Å². The zero-order valence-corrected chi connectivity index (χ0v) is 33.4. The fourth-order valence-electron chi connectivity index (χ4n) is 9.96. The van der Waals surface area contributed by atoms with Gasteiger partial charge in [-0.2, -0.15) is 0 Å². The van der Waals surface area contributed by atoms with Gasteiger partial charge in [0, 0.05) is 69.2 Å². The van der Waals surface area contributed by atoms with Crippen LogP contribution in [0, 0.1) is 0 Å². The van der Waals surface area contributed by atoms with E-state index in [9.17, 15) is 0 Å². The van der Waals surface area contributed by atoms with Gasteiger partial charge < -0.3 is 18.9 Å². The first-order valence-electron chi connectivity index (χ1n) is 20.6. The van der Waals surface area contributed by atoms with Crippen LogP contribution in [0.4, 0.5) is 34.1 Å². The van der Waals surface area contributed by atoms with E-state index in [1.54, 1.807) is 0 Å². The van der Waals surface area contributed by atoms with Crippen LogP contribution in [0.15, 0.2) is 206 Å². The predicted octanol–water partition coefficient (Wildman–Crippen LogP) is 15.4. The summed E-state index contributed by atoms with van der Waals surface area (Å²) < 4.78 is 4.86. The molecule has 0 unspecified atom stereocenters. The first-order chi connectivity index (χ1) is 29.6. The lowest BCUT2D eigenvalue weighted by Gasteiger charge is -2.27. The third kappa shape index (κ3) is 5.04. The van der Waals surface area contributed by atoms with E-state index in [0.29, 0.717) is 0 Å². The Kier molecular flexibility index (Phi) is 7.63. The largest absolute Gasteiger partial charge is 0.342 e. The molecule has 0 atom stereocenters. The van der Waals surface area contributed by atoms with Crippen LogP contribution in [-0.2, 0) is 14.1 Å². The van der Waals surface area contributed by atoms with E-state index < -0.39 is 0 Å². The Morgan fingerprint density at radius 1 is 0.300 bits per heavy atom. The zero-order chi connectivity index (χ0) is 39.9. The molecule has 0 saturated heterocycles. The van der Waals surface area contributed by atoms with Gasteiger partial charge in [-0.25, -0.2) is 0 Å². The van der Waals surface area contributed by atoms with Crippen LogP contribution in [0.3, 0.4) is 0 Å². The quantitative estimate of drug-likeness (QED) is 0.167. The number of aromatic nitrogens is 2. The number of fused-ring (bicyclic) bond motifs is 12. The molecule has 0 N–H and O–H groups in total. The molecule has 284 valence electrons. The fraction of sp³-hybridized carbons (Fsp3) is 0.0357. The molecule has 60 heavy (non-hydrogen) atoms. The molecule has 0 fully saturated rings. The summed E-state index contributed by atoms with van der Waals surface area (Å²) in [5.74, 6) is 0.